The van der Waals surface area contributed by atoms with Gasteiger partial charge in [0.15, 0.2) is 0 Å². The molecule has 2 saturated carbocycles. The first kappa shape index (κ1) is 15.2. The summed E-state index contributed by atoms with van der Waals surface area (Å²) in [6, 6.07) is 5.61. The van der Waals surface area contributed by atoms with Crippen LogP contribution in [0.25, 0.3) is 12.3 Å². The standard InChI is InChI=1S/C18H21N3O3/c22-18(11-4-5-11)20-17-9-12-6-7-14(8-13(12)10-19-17)24-16-3-1-2-15(16)21-23/h6-11,15-17,19H,1-5H2,(H,20,22)/t15-,16+,17?/m0/s1. The van der Waals surface area contributed by atoms with Gasteiger partial charge in [0.1, 0.15) is 24.1 Å². The van der Waals surface area contributed by atoms with Gasteiger partial charge in [0.05, 0.1) is 0 Å². The Morgan fingerprint density at radius 1 is 1.21 bits per heavy atom. The van der Waals surface area contributed by atoms with E-state index in [2.05, 4.69) is 15.8 Å². The molecule has 0 bridgehead atoms. The number of benzene rings is 1. The third-order valence-electron chi connectivity index (χ3n) is 4.91. The molecule has 2 aliphatic carbocycles. The molecule has 0 saturated heterocycles. The summed E-state index contributed by atoms with van der Waals surface area (Å²) in [6.07, 6.45) is 8.27. The highest BCUT2D eigenvalue weighted by Gasteiger charge is 2.31. The van der Waals surface area contributed by atoms with Gasteiger partial charge in [-0.3, -0.25) is 4.79 Å². The van der Waals surface area contributed by atoms with Crippen LogP contribution in [0.5, 0.6) is 5.75 Å². The lowest BCUT2D eigenvalue weighted by Crippen LogP contribution is -2.48. The average Bonchev–Trinajstić information content (AvgIpc) is 3.35. The van der Waals surface area contributed by atoms with Crippen LogP contribution in [0.3, 0.4) is 0 Å². The molecule has 6 heteroatoms. The number of ether oxygens (including phenoxy) is 1. The number of fused-ring (bicyclic) bond motifs is 1. The van der Waals surface area contributed by atoms with E-state index in [0.717, 1.165) is 48.3 Å². The van der Waals surface area contributed by atoms with Crippen molar-refractivity contribution in [2.75, 3.05) is 0 Å². The number of nitrogens with one attached hydrogen (secondary N) is 2. The second-order valence-corrected chi connectivity index (χ2v) is 6.79. The number of carbonyl (C=O) groups excluding carboxylic acids is 1. The highest BCUT2D eigenvalue weighted by Crippen LogP contribution is 2.29. The lowest BCUT2D eigenvalue weighted by molar-refractivity contribution is -0.122. The second-order valence-electron chi connectivity index (χ2n) is 6.79. The number of carbonyl (C=O) groups is 1. The maximum atomic E-state index is 11.9. The summed E-state index contributed by atoms with van der Waals surface area (Å²) in [6.45, 7) is 0. The van der Waals surface area contributed by atoms with Crippen LogP contribution >= 0.6 is 0 Å². The fourth-order valence-corrected chi connectivity index (χ4v) is 3.35. The van der Waals surface area contributed by atoms with Crippen molar-refractivity contribution >= 4 is 18.2 Å². The van der Waals surface area contributed by atoms with E-state index in [1.807, 2.05) is 30.5 Å². The lowest BCUT2D eigenvalue weighted by atomic mass is 10.1. The first-order chi connectivity index (χ1) is 11.7. The number of hydrogen-bond acceptors (Lipinski definition) is 5. The first-order valence-electron chi connectivity index (χ1n) is 8.60. The Balaban J connectivity index is 1.47. The van der Waals surface area contributed by atoms with Crippen molar-refractivity contribution in [1.29, 1.82) is 0 Å². The minimum Gasteiger partial charge on any atom is -0.488 e. The van der Waals surface area contributed by atoms with E-state index < -0.39 is 0 Å². The largest absolute Gasteiger partial charge is 0.488 e. The van der Waals surface area contributed by atoms with Crippen LogP contribution in [-0.4, -0.2) is 24.2 Å². The average molecular weight is 327 g/mol. The molecule has 1 heterocycles. The van der Waals surface area contributed by atoms with Crippen LogP contribution < -0.4 is 25.8 Å². The number of amides is 1. The quantitative estimate of drug-likeness (QED) is 0.781. The van der Waals surface area contributed by atoms with Gasteiger partial charge in [0, 0.05) is 17.3 Å². The summed E-state index contributed by atoms with van der Waals surface area (Å²) in [4.78, 5) is 22.7. The summed E-state index contributed by atoms with van der Waals surface area (Å²) in [5.41, 5.74) is 0. The SMILES string of the molecule is O=N[C@H]1CCC[C@H]1Oc1ccc2c(c1)=CNC(NC(=O)C1CC1)C=2. The molecule has 1 aromatic rings. The van der Waals surface area contributed by atoms with Gasteiger partial charge in [-0.25, -0.2) is 0 Å². The zero-order valence-electron chi connectivity index (χ0n) is 13.4. The number of hydrogen-bond donors (Lipinski definition) is 2. The van der Waals surface area contributed by atoms with E-state index >= 15 is 0 Å². The Bertz CT molecular complexity index is 772. The summed E-state index contributed by atoms with van der Waals surface area (Å²) in [5, 5.41) is 11.4. The molecule has 0 aromatic heterocycles. The molecule has 2 fully saturated rings. The van der Waals surface area contributed by atoms with Crippen LogP contribution in [0.4, 0.5) is 0 Å². The molecule has 3 aliphatic rings. The predicted octanol–water partition coefficient (Wildman–Crippen LogP) is 0.727. The van der Waals surface area contributed by atoms with Crippen molar-refractivity contribution in [3.8, 4) is 5.75 Å². The molecule has 1 aromatic carbocycles. The molecule has 24 heavy (non-hydrogen) atoms. The molecule has 3 atom stereocenters. The zero-order valence-corrected chi connectivity index (χ0v) is 13.4. The summed E-state index contributed by atoms with van der Waals surface area (Å²) >= 11 is 0. The first-order valence-corrected chi connectivity index (χ1v) is 8.60. The van der Waals surface area contributed by atoms with E-state index in [1.54, 1.807) is 0 Å². The lowest BCUT2D eigenvalue weighted by Gasteiger charge is -2.19. The Labute approximate surface area is 139 Å². The molecular formula is C18H21N3O3. The van der Waals surface area contributed by atoms with Crippen LogP contribution in [-0.2, 0) is 4.79 Å². The Hall–Kier alpha value is -2.37. The van der Waals surface area contributed by atoms with Gasteiger partial charge in [0.2, 0.25) is 5.91 Å². The Morgan fingerprint density at radius 3 is 2.88 bits per heavy atom. The molecule has 6 nitrogen and oxygen atoms in total. The molecular weight excluding hydrogens is 306 g/mol. The predicted molar refractivity (Wildman–Crippen MR) is 90.3 cm³/mol. The van der Waals surface area contributed by atoms with Gasteiger partial charge in [0.25, 0.3) is 0 Å². The van der Waals surface area contributed by atoms with Crippen molar-refractivity contribution in [3.05, 3.63) is 33.5 Å². The summed E-state index contributed by atoms with van der Waals surface area (Å²) in [5.74, 6) is 1.07. The van der Waals surface area contributed by atoms with Gasteiger partial charge < -0.3 is 15.4 Å². The Morgan fingerprint density at radius 2 is 2.08 bits per heavy atom. The van der Waals surface area contributed by atoms with Crippen molar-refractivity contribution in [2.24, 2.45) is 11.1 Å². The molecule has 0 spiro atoms. The van der Waals surface area contributed by atoms with Crippen molar-refractivity contribution in [3.63, 3.8) is 0 Å². The zero-order chi connectivity index (χ0) is 16.5. The van der Waals surface area contributed by atoms with E-state index in [4.69, 9.17) is 4.74 Å². The van der Waals surface area contributed by atoms with Crippen molar-refractivity contribution in [1.82, 2.24) is 10.6 Å². The molecule has 1 amide bonds. The highest BCUT2D eigenvalue weighted by molar-refractivity contribution is 5.82. The molecule has 1 aliphatic heterocycles. The molecule has 1 unspecified atom stereocenters. The maximum Gasteiger partial charge on any atom is 0.224 e. The number of nitrogens with zero attached hydrogens (tertiary/aromatic N) is 1. The number of nitroso groups, excluding NO2 is 1. The summed E-state index contributed by atoms with van der Waals surface area (Å²) < 4.78 is 5.95. The number of rotatable bonds is 5. The molecule has 4 rings (SSSR count). The van der Waals surface area contributed by atoms with Crippen molar-refractivity contribution < 1.29 is 9.53 Å². The minimum atomic E-state index is -0.239. The fraction of sp³-hybridized carbons (Fsp3) is 0.500. The second kappa shape index (κ2) is 6.26. The topological polar surface area (TPSA) is 79.8 Å². The third-order valence-corrected chi connectivity index (χ3v) is 4.91. The van der Waals surface area contributed by atoms with Crippen LogP contribution in [0, 0.1) is 10.8 Å². The highest BCUT2D eigenvalue weighted by atomic mass is 16.5. The van der Waals surface area contributed by atoms with Crippen molar-refractivity contribution in [2.45, 2.75) is 50.4 Å². The minimum absolute atomic E-state index is 0.119. The van der Waals surface area contributed by atoms with Gasteiger partial charge >= 0.3 is 0 Å². The van der Waals surface area contributed by atoms with Gasteiger partial charge in [-0.1, -0.05) is 11.2 Å². The molecule has 126 valence electrons. The van der Waals surface area contributed by atoms with Crippen LogP contribution in [0.2, 0.25) is 0 Å². The molecule has 0 radical (unpaired) electrons. The van der Waals surface area contributed by atoms with E-state index in [-0.39, 0.29) is 30.1 Å². The van der Waals surface area contributed by atoms with Gasteiger partial charge in [-0.2, -0.15) is 4.91 Å². The molecule has 2 N–H and O–H groups in total. The normalized spacial score (nSPS) is 27.9. The maximum absolute atomic E-state index is 11.9. The fourth-order valence-electron chi connectivity index (χ4n) is 3.35. The smallest absolute Gasteiger partial charge is 0.224 e. The van der Waals surface area contributed by atoms with Crippen LogP contribution in [0.15, 0.2) is 23.4 Å². The van der Waals surface area contributed by atoms with Gasteiger partial charge in [-0.05, 0) is 55.5 Å². The third kappa shape index (κ3) is 3.13. The van der Waals surface area contributed by atoms with E-state index in [0.29, 0.717) is 0 Å². The van der Waals surface area contributed by atoms with E-state index in [1.165, 1.54) is 0 Å². The Kier molecular flexibility index (Phi) is 3.96. The monoisotopic (exact) mass is 327 g/mol. The van der Waals surface area contributed by atoms with E-state index in [9.17, 15) is 9.70 Å². The van der Waals surface area contributed by atoms with Gasteiger partial charge in [-0.15, -0.1) is 0 Å². The summed E-state index contributed by atoms with van der Waals surface area (Å²) in [7, 11) is 0. The van der Waals surface area contributed by atoms with Crippen LogP contribution in [0.1, 0.15) is 32.1 Å².